The molecule has 16 heavy (non-hydrogen) atoms. The third-order valence-corrected chi connectivity index (χ3v) is 1.43. The van der Waals surface area contributed by atoms with Gasteiger partial charge < -0.3 is 31.3 Å². The highest BCUT2D eigenvalue weighted by Crippen LogP contribution is 1.92. The second-order valence-corrected chi connectivity index (χ2v) is 2.95. The Labute approximate surface area is 91.9 Å². The zero-order chi connectivity index (χ0) is 13.3. The predicted octanol–water partition coefficient (Wildman–Crippen LogP) is -3.32. The van der Waals surface area contributed by atoms with Gasteiger partial charge in [-0.1, -0.05) is 0 Å². The Balaban J connectivity index is 0. The van der Waals surface area contributed by atoms with E-state index in [9.17, 15) is 9.59 Å². The molecule has 0 aliphatic carbocycles. The highest BCUT2D eigenvalue weighted by Gasteiger charge is 2.21. The third-order valence-electron chi connectivity index (χ3n) is 1.43. The second kappa shape index (κ2) is 9.19. The first kappa shape index (κ1) is 17.3. The van der Waals surface area contributed by atoms with E-state index in [1.807, 2.05) is 0 Å². The Morgan fingerprint density at radius 1 is 1.25 bits per heavy atom. The van der Waals surface area contributed by atoms with Gasteiger partial charge in [0.2, 0.25) is 0 Å². The Morgan fingerprint density at radius 3 is 1.81 bits per heavy atom. The molecule has 3 atom stereocenters. The zero-order valence-corrected chi connectivity index (χ0v) is 8.78. The minimum atomic E-state index is -1.69. The van der Waals surface area contributed by atoms with Crippen LogP contribution in [0, 0.1) is 0 Å². The number of carbonyl (C=O) groups is 2. The lowest BCUT2D eigenvalue weighted by atomic mass is 10.1. The Kier molecular flexibility index (Phi) is 9.96. The molecule has 0 radical (unpaired) electrons. The molecule has 0 saturated carbocycles. The molecule has 7 N–H and O–H groups in total. The first-order valence-corrected chi connectivity index (χ1v) is 4.36. The normalized spacial score (nSPS) is 15.4. The number of hydrogen-bond donors (Lipinski definition) is 6. The lowest BCUT2D eigenvalue weighted by Crippen LogP contribution is -2.37. The number of Topliss-reactive ketones (excluding diaryl/α,β-unsaturated/α-hetero) is 1. The van der Waals surface area contributed by atoms with Crippen molar-refractivity contribution in [3.63, 3.8) is 0 Å². The van der Waals surface area contributed by atoms with Gasteiger partial charge >= 0.3 is 5.97 Å². The summed E-state index contributed by atoms with van der Waals surface area (Å²) in [6.07, 6.45) is -3.19. The van der Waals surface area contributed by atoms with Crippen LogP contribution >= 0.6 is 0 Å². The fourth-order valence-electron chi connectivity index (χ4n) is 0.408. The molecule has 0 saturated heterocycles. The lowest BCUT2D eigenvalue weighted by Gasteiger charge is -2.11. The Bertz CT molecular complexity index is 218. The maximum Gasteiger partial charge on any atom is 0.320 e. The van der Waals surface area contributed by atoms with Gasteiger partial charge in [0.1, 0.15) is 24.9 Å². The summed E-state index contributed by atoms with van der Waals surface area (Å²) in [7, 11) is 0. The number of nitrogens with two attached hydrogens (primary N) is 1. The maximum absolute atomic E-state index is 10.3. The van der Waals surface area contributed by atoms with Crippen molar-refractivity contribution in [2.75, 3.05) is 13.2 Å². The predicted molar refractivity (Wildman–Crippen MR) is 52.5 cm³/mol. The monoisotopic (exact) mass is 239 g/mol. The summed E-state index contributed by atoms with van der Waals surface area (Å²) < 4.78 is 0. The van der Waals surface area contributed by atoms with Gasteiger partial charge in [0.15, 0.2) is 5.78 Å². The van der Waals surface area contributed by atoms with Crippen LogP contribution < -0.4 is 5.73 Å². The van der Waals surface area contributed by atoms with Crippen LogP contribution in [0.15, 0.2) is 0 Å². The van der Waals surface area contributed by atoms with E-state index in [0.717, 1.165) is 0 Å². The minimum Gasteiger partial charge on any atom is -0.480 e. The summed E-state index contributed by atoms with van der Waals surface area (Å²) in [4.78, 5) is 19.9. The van der Waals surface area contributed by atoms with E-state index in [1.54, 1.807) is 0 Å². The van der Waals surface area contributed by atoms with Crippen molar-refractivity contribution < 1.29 is 35.1 Å². The fraction of sp³-hybridized carbons (Fsp3) is 0.750. The Hall–Kier alpha value is -1.06. The van der Waals surface area contributed by atoms with Gasteiger partial charge in [-0.25, -0.2) is 0 Å². The molecule has 0 fully saturated rings. The molecular formula is C8H17NO7. The number of rotatable bonds is 5. The molecule has 0 spiro atoms. The van der Waals surface area contributed by atoms with E-state index < -0.39 is 43.2 Å². The molecule has 8 heteroatoms. The average molecular weight is 239 g/mol. The van der Waals surface area contributed by atoms with E-state index in [4.69, 9.17) is 31.3 Å². The summed E-state index contributed by atoms with van der Waals surface area (Å²) in [5.41, 5.74) is 4.84. The summed E-state index contributed by atoms with van der Waals surface area (Å²) in [5, 5.41) is 41.5. The molecule has 0 aliphatic rings. The van der Waals surface area contributed by atoms with Gasteiger partial charge in [-0.05, 0) is 6.92 Å². The molecule has 3 unspecified atom stereocenters. The van der Waals surface area contributed by atoms with Crippen LogP contribution in [0.1, 0.15) is 6.92 Å². The number of aliphatic hydroxyl groups excluding tert-OH is 4. The molecule has 0 aromatic carbocycles. The van der Waals surface area contributed by atoms with Crippen LogP contribution in [0.2, 0.25) is 0 Å². The highest BCUT2D eigenvalue weighted by molar-refractivity contribution is 5.84. The first-order chi connectivity index (χ1) is 7.27. The van der Waals surface area contributed by atoms with Crippen LogP contribution in [-0.4, -0.2) is 68.7 Å². The van der Waals surface area contributed by atoms with Gasteiger partial charge in [-0.15, -0.1) is 0 Å². The average Bonchev–Trinajstić information content (AvgIpc) is 2.26. The quantitative estimate of drug-likeness (QED) is 0.290. The first-order valence-electron chi connectivity index (χ1n) is 4.36. The van der Waals surface area contributed by atoms with Crippen molar-refractivity contribution in [3.05, 3.63) is 0 Å². The summed E-state index contributed by atoms with van der Waals surface area (Å²) in [5.74, 6) is -1.86. The van der Waals surface area contributed by atoms with Gasteiger partial charge in [0.05, 0.1) is 6.61 Å². The lowest BCUT2D eigenvalue weighted by molar-refractivity contribution is -0.138. The van der Waals surface area contributed by atoms with Crippen LogP contribution in [-0.2, 0) is 9.59 Å². The SMILES string of the molecule is CC(N)C(=O)O.O=C(CO)C(O)C(O)CO. The fourth-order valence-corrected chi connectivity index (χ4v) is 0.408. The molecule has 0 aliphatic heterocycles. The number of carboxylic acid groups (broad SMARTS) is 1. The van der Waals surface area contributed by atoms with E-state index in [2.05, 4.69) is 0 Å². The van der Waals surface area contributed by atoms with Gasteiger partial charge in [0.25, 0.3) is 0 Å². The molecule has 0 aromatic heterocycles. The number of ketones is 1. The maximum atomic E-state index is 10.3. The summed E-state index contributed by atoms with van der Waals surface area (Å²) in [6, 6.07) is -0.731. The van der Waals surface area contributed by atoms with E-state index in [1.165, 1.54) is 6.92 Å². The minimum absolute atomic E-state index is 0.701. The van der Waals surface area contributed by atoms with Crippen LogP contribution in [0.5, 0.6) is 0 Å². The number of aliphatic hydroxyl groups is 4. The van der Waals surface area contributed by atoms with E-state index >= 15 is 0 Å². The largest absolute Gasteiger partial charge is 0.480 e. The molecule has 0 bridgehead atoms. The van der Waals surface area contributed by atoms with Gasteiger partial charge in [-0.3, -0.25) is 9.59 Å². The topological polar surface area (TPSA) is 161 Å². The number of carbonyl (C=O) groups excluding carboxylic acids is 1. The van der Waals surface area contributed by atoms with Crippen molar-refractivity contribution in [3.8, 4) is 0 Å². The van der Waals surface area contributed by atoms with Crippen molar-refractivity contribution in [2.24, 2.45) is 5.73 Å². The van der Waals surface area contributed by atoms with Crippen LogP contribution in [0.3, 0.4) is 0 Å². The van der Waals surface area contributed by atoms with Crippen molar-refractivity contribution in [1.29, 1.82) is 0 Å². The molecule has 0 aromatic rings. The van der Waals surface area contributed by atoms with Crippen molar-refractivity contribution in [2.45, 2.75) is 25.2 Å². The van der Waals surface area contributed by atoms with Gasteiger partial charge in [-0.2, -0.15) is 0 Å². The molecular weight excluding hydrogens is 222 g/mol. The van der Waals surface area contributed by atoms with Crippen LogP contribution in [0.25, 0.3) is 0 Å². The highest BCUT2D eigenvalue weighted by atomic mass is 16.4. The summed E-state index contributed by atoms with van der Waals surface area (Å²) in [6.45, 7) is -0.118. The second-order valence-electron chi connectivity index (χ2n) is 2.95. The van der Waals surface area contributed by atoms with E-state index in [-0.39, 0.29) is 0 Å². The molecule has 0 rings (SSSR count). The van der Waals surface area contributed by atoms with Crippen molar-refractivity contribution >= 4 is 11.8 Å². The zero-order valence-electron chi connectivity index (χ0n) is 8.78. The molecule has 96 valence electrons. The molecule has 8 nitrogen and oxygen atoms in total. The molecule has 0 heterocycles. The smallest absolute Gasteiger partial charge is 0.320 e. The number of carboxylic acids is 1. The Morgan fingerprint density at radius 2 is 1.62 bits per heavy atom. The third kappa shape index (κ3) is 8.26. The summed E-state index contributed by atoms with van der Waals surface area (Å²) >= 11 is 0. The van der Waals surface area contributed by atoms with Gasteiger partial charge in [0, 0.05) is 0 Å². The standard InChI is InChI=1S/C5H10O5.C3H7NO2/c6-1-3(8)5(10)4(9)2-7;1-2(4)3(5)6/h3,5-8,10H,1-2H2;2H,4H2,1H3,(H,5,6). The molecule has 0 amide bonds. The number of hydrogen-bond acceptors (Lipinski definition) is 7. The van der Waals surface area contributed by atoms with Crippen LogP contribution in [0.4, 0.5) is 0 Å². The van der Waals surface area contributed by atoms with Crippen molar-refractivity contribution in [1.82, 2.24) is 0 Å². The number of aliphatic carboxylic acids is 1. The van der Waals surface area contributed by atoms with E-state index in [0.29, 0.717) is 0 Å².